The van der Waals surface area contributed by atoms with Gasteiger partial charge in [0.25, 0.3) is 5.91 Å². The first kappa shape index (κ1) is 19.7. The van der Waals surface area contributed by atoms with Crippen molar-refractivity contribution in [3.05, 3.63) is 59.7 Å². The minimum absolute atomic E-state index is 0.0442. The van der Waals surface area contributed by atoms with Crippen molar-refractivity contribution in [2.24, 2.45) is 0 Å². The molecular formula is C20H19F3N2O3. The number of hydrogen-bond acceptors (Lipinski definition) is 3. The van der Waals surface area contributed by atoms with E-state index in [-0.39, 0.29) is 29.7 Å². The van der Waals surface area contributed by atoms with Crippen molar-refractivity contribution >= 4 is 17.5 Å². The van der Waals surface area contributed by atoms with Crippen molar-refractivity contribution in [2.45, 2.75) is 25.7 Å². The number of hydrogen-bond donors (Lipinski definition) is 0. The molecule has 28 heavy (non-hydrogen) atoms. The van der Waals surface area contributed by atoms with Gasteiger partial charge in [0.1, 0.15) is 5.75 Å². The minimum atomic E-state index is -4.80. The summed E-state index contributed by atoms with van der Waals surface area (Å²) in [5.74, 6) is -0.629. The standard InChI is InChI=1S/C20H19F3N2O3/c1-24(13-15-5-2-3-6-17(15)28-20(21,22)23)19(27)14-8-10-16(11-9-14)25-12-4-7-18(25)26/h2-3,5-6,8-11H,4,7,12-13H2,1H3. The van der Waals surface area contributed by atoms with Crippen molar-refractivity contribution in [3.8, 4) is 5.75 Å². The van der Waals surface area contributed by atoms with E-state index in [4.69, 9.17) is 0 Å². The molecule has 0 N–H and O–H groups in total. The summed E-state index contributed by atoms with van der Waals surface area (Å²) >= 11 is 0. The van der Waals surface area contributed by atoms with Gasteiger partial charge in [-0.25, -0.2) is 0 Å². The summed E-state index contributed by atoms with van der Waals surface area (Å²) in [6.07, 6.45) is -3.48. The molecule has 148 valence electrons. The lowest BCUT2D eigenvalue weighted by molar-refractivity contribution is -0.275. The third-order valence-corrected chi connectivity index (χ3v) is 4.45. The lowest BCUT2D eigenvalue weighted by Gasteiger charge is -2.21. The molecule has 0 aliphatic carbocycles. The molecule has 1 saturated heterocycles. The van der Waals surface area contributed by atoms with Crippen LogP contribution < -0.4 is 9.64 Å². The highest BCUT2D eigenvalue weighted by Gasteiger charge is 2.32. The number of rotatable bonds is 5. The fourth-order valence-corrected chi connectivity index (χ4v) is 3.11. The molecule has 0 saturated carbocycles. The number of anilines is 1. The van der Waals surface area contributed by atoms with Gasteiger partial charge in [0.2, 0.25) is 5.91 Å². The maximum Gasteiger partial charge on any atom is 0.573 e. The molecule has 0 unspecified atom stereocenters. The number of carbonyl (C=O) groups is 2. The smallest absolute Gasteiger partial charge is 0.405 e. The Labute approximate surface area is 160 Å². The highest BCUT2D eigenvalue weighted by atomic mass is 19.4. The van der Waals surface area contributed by atoms with Crippen LogP contribution in [0.25, 0.3) is 0 Å². The largest absolute Gasteiger partial charge is 0.573 e. The fraction of sp³-hybridized carbons (Fsp3) is 0.300. The summed E-state index contributed by atoms with van der Waals surface area (Å²) in [5.41, 5.74) is 1.35. The average Bonchev–Trinajstić information content (AvgIpc) is 3.07. The molecule has 0 bridgehead atoms. The van der Waals surface area contributed by atoms with Gasteiger partial charge in [-0.05, 0) is 36.8 Å². The number of amides is 2. The Bertz CT molecular complexity index is 866. The Balaban J connectivity index is 1.71. The first-order valence-electron chi connectivity index (χ1n) is 8.74. The predicted molar refractivity (Wildman–Crippen MR) is 97.0 cm³/mol. The van der Waals surface area contributed by atoms with E-state index < -0.39 is 6.36 Å². The summed E-state index contributed by atoms with van der Waals surface area (Å²) in [6.45, 7) is 0.611. The van der Waals surface area contributed by atoms with Crippen LogP contribution in [0.1, 0.15) is 28.8 Å². The van der Waals surface area contributed by atoms with Crippen LogP contribution in [0.3, 0.4) is 0 Å². The van der Waals surface area contributed by atoms with E-state index in [1.807, 2.05) is 0 Å². The quantitative estimate of drug-likeness (QED) is 0.773. The van der Waals surface area contributed by atoms with E-state index >= 15 is 0 Å². The van der Waals surface area contributed by atoms with Gasteiger partial charge in [-0.2, -0.15) is 0 Å². The Morgan fingerprint density at radius 1 is 1.14 bits per heavy atom. The summed E-state index contributed by atoms with van der Waals surface area (Å²) in [4.78, 5) is 27.4. The Morgan fingerprint density at radius 2 is 1.82 bits per heavy atom. The summed E-state index contributed by atoms with van der Waals surface area (Å²) < 4.78 is 41.7. The van der Waals surface area contributed by atoms with Gasteiger partial charge in [-0.1, -0.05) is 18.2 Å². The fourth-order valence-electron chi connectivity index (χ4n) is 3.11. The van der Waals surface area contributed by atoms with Gasteiger partial charge < -0.3 is 14.5 Å². The SMILES string of the molecule is CN(Cc1ccccc1OC(F)(F)F)C(=O)c1ccc(N2CCCC2=O)cc1. The zero-order valence-electron chi connectivity index (χ0n) is 15.2. The highest BCUT2D eigenvalue weighted by molar-refractivity contribution is 5.97. The van der Waals surface area contributed by atoms with Crippen LogP contribution in [-0.4, -0.2) is 36.7 Å². The van der Waals surface area contributed by atoms with E-state index in [2.05, 4.69) is 4.74 Å². The van der Waals surface area contributed by atoms with Crippen molar-refractivity contribution in [2.75, 3.05) is 18.5 Å². The molecule has 0 radical (unpaired) electrons. The van der Waals surface area contributed by atoms with Gasteiger partial charge >= 0.3 is 6.36 Å². The van der Waals surface area contributed by atoms with Crippen molar-refractivity contribution in [3.63, 3.8) is 0 Å². The number of ether oxygens (including phenoxy) is 1. The second-order valence-electron chi connectivity index (χ2n) is 6.51. The van der Waals surface area contributed by atoms with Crippen molar-refractivity contribution in [1.82, 2.24) is 4.90 Å². The number of halogens is 3. The first-order chi connectivity index (χ1) is 13.2. The van der Waals surface area contributed by atoms with E-state index in [1.54, 1.807) is 35.2 Å². The van der Waals surface area contributed by atoms with E-state index in [0.29, 0.717) is 18.5 Å². The number of para-hydroxylation sites is 1. The average molecular weight is 392 g/mol. The van der Waals surface area contributed by atoms with Gasteiger partial charge in [0.15, 0.2) is 0 Å². The second kappa shape index (κ2) is 7.92. The molecule has 0 spiro atoms. The van der Waals surface area contributed by atoms with Crippen LogP contribution in [0.5, 0.6) is 5.75 Å². The maximum atomic E-state index is 12.6. The molecule has 1 heterocycles. The molecule has 2 aromatic rings. The molecule has 1 fully saturated rings. The van der Waals surface area contributed by atoms with Crippen molar-refractivity contribution < 1.29 is 27.5 Å². The van der Waals surface area contributed by atoms with Crippen LogP contribution in [0.15, 0.2) is 48.5 Å². The lowest BCUT2D eigenvalue weighted by atomic mass is 10.1. The summed E-state index contributed by atoms with van der Waals surface area (Å²) in [5, 5.41) is 0. The molecule has 1 aliphatic rings. The normalized spacial score (nSPS) is 14.3. The Hall–Kier alpha value is -3.03. The van der Waals surface area contributed by atoms with Crippen LogP contribution in [0, 0.1) is 0 Å². The minimum Gasteiger partial charge on any atom is -0.405 e. The lowest BCUT2D eigenvalue weighted by Crippen LogP contribution is -2.27. The monoisotopic (exact) mass is 392 g/mol. The second-order valence-corrected chi connectivity index (χ2v) is 6.51. The molecular weight excluding hydrogens is 373 g/mol. The third-order valence-electron chi connectivity index (χ3n) is 4.45. The molecule has 1 aliphatic heterocycles. The zero-order chi connectivity index (χ0) is 20.3. The molecule has 0 atom stereocenters. The van der Waals surface area contributed by atoms with Crippen LogP contribution in [0.4, 0.5) is 18.9 Å². The Morgan fingerprint density at radius 3 is 2.43 bits per heavy atom. The van der Waals surface area contributed by atoms with Crippen LogP contribution in [-0.2, 0) is 11.3 Å². The topological polar surface area (TPSA) is 49.9 Å². The number of benzene rings is 2. The highest BCUT2D eigenvalue weighted by Crippen LogP contribution is 2.27. The molecule has 5 nitrogen and oxygen atoms in total. The number of nitrogens with zero attached hydrogens (tertiary/aromatic N) is 2. The van der Waals surface area contributed by atoms with E-state index in [1.165, 1.54) is 30.1 Å². The van der Waals surface area contributed by atoms with Crippen molar-refractivity contribution in [1.29, 1.82) is 0 Å². The number of alkyl halides is 3. The number of carbonyl (C=O) groups excluding carboxylic acids is 2. The summed E-state index contributed by atoms with van der Waals surface area (Å²) in [7, 11) is 1.50. The molecule has 2 aromatic carbocycles. The maximum absolute atomic E-state index is 12.6. The summed E-state index contributed by atoms with van der Waals surface area (Å²) in [6, 6.07) is 12.3. The third kappa shape index (κ3) is 4.62. The van der Waals surface area contributed by atoms with E-state index in [9.17, 15) is 22.8 Å². The molecule has 0 aromatic heterocycles. The van der Waals surface area contributed by atoms with Crippen LogP contribution in [0.2, 0.25) is 0 Å². The van der Waals surface area contributed by atoms with Gasteiger partial charge in [0, 0.05) is 43.4 Å². The van der Waals surface area contributed by atoms with E-state index in [0.717, 1.165) is 12.1 Å². The first-order valence-corrected chi connectivity index (χ1v) is 8.74. The molecule has 8 heteroatoms. The molecule has 3 rings (SSSR count). The van der Waals surface area contributed by atoms with Gasteiger partial charge in [0.05, 0.1) is 0 Å². The molecule has 2 amide bonds. The Kier molecular flexibility index (Phi) is 5.58. The van der Waals surface area contributed by atoms with Gasteiger partial charge in [-0.15, -0.1) is 13.2 Å². The predicted octanol–water partition coefficient (Wildman–Crippen LogP) is 3.98. The zero-order valence-corrected chi connectivity index (χ0v) is 15.2. The van der Waals surface area contributed by atoms with Gasteiger partial charge in [-0.3, -0.25) is 9.59 Å². The van der Waals surface area contributed by atoms with Crippen LogP contribution >= 0.6 is 0 Å².